The Morgan fingerprint density at radius 1 is 1.35 bits per heavy atom. The summed E-state index contributed by atoms with van der Waals surface area (Å²) in [7, 11) is 0.321. The quantitative estimate of drug-likeness (QED) is 0.462. The molecule has 0 aliphatic rings. The lowest BCUT2D eigenvalue weighted by atomic mass is 9.97. The second-order valence-corrected chi connectivity index (χ2v) is 11.8. The molecule has 0 amide bonds. The summed E-state index contributed by atoms with van der Waals surface area (Å²) in [6, 6.07) is 6.07. The molecule has 0 aromatic heterocycles. The van der Waals surface area contributed by atoms with E-state index in [9.17, 15) is 5.11 Å². The molecule has 0 aliphatic carbocycles. The molecule has 0 radical (unpaired) electrons. The topological polar surface area (TPSA) is 29.5 Å². The van der Waals surface area contributed by atoms with Crippen LogP contribution in [0.15, 0.2) is 18.2 Å². The molecule has 4 heteroatoms. The maximum absolute atomic E-state index is 9.25. The van der Waals surface area contributed by atoms with E-state index in [0.717, 1.165) is 12.2 Å². The molecule has 0 fully saturated rings. The number of hydrogen-bond acceptors (Lipinski definition) is 2. The summed E-state index contributed by atoms with van der Waals surface area (Å²) >= 11 is 2.33. The Balaban J connectivity index is 2.98. The van der Waals surface area contributed by atoms with E-state index in [1.807, 2.05) is 12.1 Å². The predicted octanol–water partition coefficient (Wildman–Crippen LogP) is 3.72. The molecule has 1 aromatic rings. The van der Waals surface area contributed by atoms with Crippen LogP contribution < -0.4 is 4.74 Å². The summed E-state index contributed by atoms with van der Waals surface area (Å²) in [5.74, 6) is 4.48. The maximum atomic E-state index is 9.25. The van der Waals surface area contributed by atoms with Crippen LogP contribution in [0.1, 0.15) is 12.0 Å². The van der Waals surface area contributed by atoms with Gasteiger partial charge in [0.15, 0.2) is 0 Å². The van der Waals surface area contributed by atoms with Crippen molar-refractivity contribution in [3.8, 4) is 17.2 Å². The number of aliphatic hydroxyl groups excluding tert-OH is 1. The van der Waals surface area contributed by atoms with E-state index in [-0.39, 0.29) is 12.5 Å². The van der Waals surface area contributed by atoms with Crippen molar-refractivity contribution in [3.05, 3.63) is 27.3 Å². The third-order valence-corrected chi connectivity index (χ3v) is 4.78. The van der Waals surface area contributed by atoms with Crippen molar-refractivity contribution in [2.24, 2.45) is 5.92 Å². The fraction of sp³-hybridized carbons (Fsp3) is 0.500. The molecule has 20 heavy (non-hydrogen) atoms. The zero-order valence-corrected chi connectivity index (χ0v) is 15.8. The van der Waals surface area contributed by atoms with Crippen molar-refractivity contribution in [2.75, 3.05) is 13.7 Å². The average Bonchev–Trinajstić information content (AvgIpc) is 2.37. The third kappa shape index (κ3) is 5.86. The van der Waals surface area contributed by atoms with Crippen LogP contribution in [0.3, 0.4) is 0 Å². The molecule has 0 heterocycles. The predicted molar refractivity (Wildman–Crippen MR) is 95.7 cm³/mol. The highest BCUT2D eigenvalue weighted by molar-refractivity contribution is 14.1. The van der Waals surface area contributed by atoms with Crippen molar-refractivity contribution >= 4 is 30.7 Å². The molecule has 1 N–H and O–H groups in total. The lowest BCUT2D eigenvalue weighted by Gasteiger charge is -2.15. The lowest BCUT2D eigenvalue weighted by Crippen LogP contribution is -2.17. The van der Waals surface area contributed by atoms with Crippen molar-refractivity contribution in [1.82, 2.24) is 0 Å². The van der Waals surface area contributed by atoms with Gasteiger partial charge in [0.05, 0.1) is 7.11 Å². The van der Waals surface area contributed by atoms with Crippen LogP contribution in [0.4, 0.5) is 0 Å². The lowest BCUT2D eigenvalue weighted by molar-refractivity contribution is 0.271. The number of halogens is 1. The molecule has 0 saturated heterocycles. The van der Waals surface area contributed by atoms with Gasteiger partial charge in [0.1, 0.15) is 13.8 Å². The van der Waals surface area contributed by atoms with Crippen LogP contribution >= 0.6 is 22.6 Å². The van der Waals surface area contributed by atoms with Gasteiger partial charge in [-0.2, -0.15) is 0 Å². The van der Waals surface area contributed by atoms with Crippen LogP contribution in [0, 0.1) is 21.0 Å². The first-order valence-electron chi connectivity index (χ1n) is 6.82. The smallest absolute Gasteiger partial charge is 0.129 e. The monoisotopic (exact) mass is 402 g/mol. The minimum absolute atomic E-state index is 0.177. The van der Waals surface area contributed by atoms with Gasteiger partial charge in [0.2, 0.25) is 0 Å². The van der Waals surface area contributed by atoms with Gasteiger partial charge < -0.3 is 9.84 Å². The first-order valence-corrected chi connectivity index (χ1v) is 11.4. The van der Waals surface area contributed by atoms with E-state index in [2.05, 4.69) is 59.8 Å². The Morgan fingerprint density at radius 2 is 2.05 bits per heavy atom. The summed E-state index contributed by atoms with van der Waals surface area (Å²) in [4.78, 5) is 0. The largest absolute Gasteiger partial charge is 0.496 e. The van der Waals surface area contributed by atoms with E-state index in [1.54, 1.807) is 7.11 Å². The Bertz CT molecular complexity index is 497. The maximum Gasteiger partial charge on any atom is 0.129 e. The van der Waals surface area contributed by atoms with Crippen molar-refractivity contribution in [1.29, 1.82) is 0 Å². The van der Waals surface area contributed by atoms with Gasteiger partial charge in [0, 0.05) is 21.7 Å². The van der Waals surface area contributed by atoms with Gasteiger partial charge >= 0.3 is 0 Å². The Hall–Kier alpha value is -0.513. The van der Waals surface area contributed by atoms with Crippen molar-refractivity contribution in [3.63, 3.8) is 0 Å². The van der Waals surface area contributed by atoms with Crippen molar-refractivity contribution in [2.45, 2.75) is 32.5 Å². The minimum atomic E-state index is -1.38. The third-order valence-electron chi connectivity index (χ3n) is 2.88. The van der Waals surface area contributed by atoms with E-state index >= 15 is 0 Å². The first-order chi connectivity index (χ1) is 9.37. The molecule has 1 rings (SSSR count). The molecule has 2 nitrogen and oxygen atoms in total. The summed E-state index contributed by atoms with van der Waals surface area (Å²) < 4.78 is 6.64. The molecular formula is C16H23IO2Si. The number of methoxy groups -OCH3 is 1. The number of aliphatic hydroxyl groups is 1. The van der Waals surface area contributed by atoms with Gasteiger partial charge in [-0.15, -0.1) is 11.5 Å². The van der Waals surface area contributed by atoms with Crippen LogP contribution in [0.25, 0.3) is 0 Å². The van der Waals surface area contributed by atoms with Crippen molar-refractivity contribution < 1.29 is 9.84 Å². The average molecular weight is 402 g/mol. The van der Waals surface area contributed by atoms with E-state index in [1.165, 1.54) is 9.13 Å². The number of rotatable bonds is 5. The summed E-state index contributed by atoms with van der Waals surface area (Å²) in [5, 5.41) is 9.25. The number of ether oxygens (including phenoxy) is 1. The highest BCUT2D eigenvalue weighted by Crippen LogP contribution is 2.27. The minimum Gasteiger partial charge on any atom is -0.496 e. The molecule has 0 aliphatic heterocycles. The fourth-order valence-electron chi connectivity index (χ4n) is 1.87. The summed E-state index contributed by atoms with van der Waals surface area (Å²) in [6.45, 7) is 6.89. The van der Waals surface area contributed by atoms with Gasteiger partial charge in [-0.3, -0.25) is 0 Å². The molecule has 1 unspecified atom stereocenters. The SMILES string of the molecule is COc1cccc(I)c1CC(C#C[Si](C)(C)C)CCO. The highest BCUT2D eigenvalue weighted by atomic mass is 127. The molecule has 0 spiro atoms. The molecule has 0 bridgehead atoms. The molecule has 0 saturated carbocycles. The summed E-state index contributed by atoms with van der Waals surface area (Å²) in [5.41, 5.74) is 4.61. The molecular weight excluding hydrogens is 379 g/mol. The Labute approximate surface area is 137 Å². The molecule has 110 valence electrons. The second kappa shape index (κ2) is 8.06. The molecule has 1 aromatic carbocycles. The number of benzene rings is 1. The van der Waals surface area contributed by atoms with E-state index in [4.69, 9.17) is 4.74 Å². The fourth-order valence-corrected chi connectivity index (χ4v) is 3.21. The van der Waals surface area contributed by atoms with E-state index in [0.29, 0.717) is 6.42 Å². The normalized spacial score (nSPS) is 12.5. The zero-order chi connectivity index (χ0) is 15.2. The van der Waals surface area contributed by atoms with Gasteiger partial charge in [-0.25, -0.2) is 0 Å². The summed E-state index contributed by atoms with van der Waals surface area (Å²) in [6.07, 6.45) is 1.55. The van der Waals surface area contributed by atoms with Gasteiger partial charge in [0.25, 0.3) is 0 Å². The molecule has 1 atom stereocenters. The highest BCUT2D eigenvalue weighted by Gasteiger charge is 2.14. The van der Waals surface area contributed by atoms with Gasteiger partial charge in [-0.05, 0) is 47.6 Å². The van der Waals surface area contributed by atoms with E-state index < -0.39 is 8.07 Å². The second-order valence-electron chi connectivity index (χ2n) is 5.85. The Morgan fingerprint density at radius 3 is 2.60 bits per heavy atom. The van der Waals surface area contributed by atoms with Crippen LogP contribution in [0.5, 0.6) is 5.75 Å². The standard InChI is InChI=1S/C16H23IO2Si/c1-19-16-7-5-6-15(17)14(16)12-13(8-10-18)9-11-20(2,3)4/h5-7,13,18H,8,10,12H2,1-4H3. The van der Waals surface area contributed by atoms with Crippen LogP contribution in [-0.4, -0.2) is 26.9 Å². The first kappa shape index (κ1) is 17.5. The van der Waals surface area contributed by atoms with Crippen LogP contribution in [0.2, 0.25) is 19.6 Å². The van der Waals surface area contributed by atoms with Crippen LogP contribution in [-0.2, 0) is 6.42 Å². The Kier molecular flexibility index (Phi) is 7.07. The zero-order valence-electron chi connectivity index (χ0n) is 12.7. The van der Waals surface area contributed by atoms with Gasteiger partial charge in [-0.1, -0.05) is 25.7 Å². The number of hydrogen-bond donors (Lipinski definition) is 1.